The van der Waals surface area contributed by atoms with Crippen LogP contribution in [0.4, 0.5) is 0 Å². The molecule has 3 rings (SSSR count). The van der Waals surface area contributed by atoms with Crippen molar-refractivity contribution in [2.45, 2.75) is 45.6 Å². The van der Waals surface area contributed by atoms with E-state index >= 15 is 0 Å². The van der Waals surface area contributed by atoms with Crippen molar-refractivity contribution < 1.29 is 0 Å². The van der Waals surface area contributed by atoms with Crippen molar-refractivity contribution in [1.29, 1.82) is 0 Å². The molecule has 3 nitrogen and oxygen atoms in total. The number of benzene rings is 1. The van der Waals surface area contributed by atoms with E-state index in [9.17, 15) is 0 Å². The molecule has 1 aromatic heterocycles. The molecule has 0 aliphatic heterocycles. The maximum atomic E-state index is 5.38. The molecule has 1 N–H and O–H groups in total. The highest BCUT2D eigenvalue weighted by Gasteiger charge is 2.24. The summed E-state index contributed by atoms with van der Waals surface area (Å²) in [6.07, 6.45) is 3.38. The maximum Gasteiger partial charge on any atom is 0.195 e. The fourth-order valence-electron chi connectivity index (χ4n) is 3.10. The third kappa shape index (κ3) is 2.57. The second kappa shape index (κ2) is 5.52. The van der Waals surface area contributed by atoms with Gasteiger partial charge in [-0.15, -0.1) is 0 Å². The van der Waals surface area contributed by atoms with Crippen LogP contribution in [-0.4, -0.2) is 14.8 Å². The fraction of sp³-hybridized carbons (Fsp3) is 0.500. The second-order valence-corrected chi connectivity index (χ2v) is 6.49. The summed E-state index contributed by atoms with van der Waals surface area (Å²) in [4.78, 5) is 0. The number of H-pyrrole nitrogens is 1. The first-order valence-electron chi connectivity index (χ1n) is 7.37. The van der Waals surface area contributed by atoms with Gasteiger partial charge >= 0.3 is 0 Å². The van der Waals surface area contributed by atoms with E-state index in [0.717, 1.165) is 36.4 Å². The van der Waals surface area contributed by atoms with Crippen molar-refractivity contribution in [2.75, 3.05) is 0 Å². The van der Waals surface area contributed by atoms with Crippen molar-refractivity contribution in [1.82, 2.24) is 14.8 Å². The van der Waals surface area contributed by atoms with Crippen LogP contribution in [0.2, 0.25) is 0 Å². The number of rotatable bonds is 3. The topological polar surface area (TPSA) is 33.6 Å². The zero-order valence-electron chi connectivity index (χ0n) is 12.1. The van der Waals surface area contributed by atoms with E-state index in [1.54, 1.807) is 0 Å². The Morgan fingerprint density at radius 3 is 2.85 bits per heavy atom. The van der Waals surface area contributed by atoms with E-state index in [0.29, 0.717) is 11.8 Å². The summed E-state index contributed by atoms with van der Waals surface area (Å²) in [6, 6.07) is 8.76. The van der Waals surface area contributed by atoms with Gasteiger partial charge in [0.15, 0.2) is 4.77 Å². The number of nitrogens with zero attached hydrogens (tertiary/aromatic N) is 2. The number of aromatic nitrogens is 3. The minimum atomic E-state index is 0.483. The molecule has 1 heterocycles. The molecule has 20 heavy (non-hydrogen) atoms. The Morgan fingerprint density at radius 2 is 2.10 bits per heavy atom. The molecule has 0 radical (unpaired) electrons. The Hall–Kier alpha value is -1.42. The summed E-state index contributed by atoms with van der Waals surface area (Å²) in [5.41, 5.74) is 2.96. The molecular formula is C16H21N3S. The van der Waals surface area contributed by atoms with Crippen LogP contribution in [0.1, 0.15) is 43.1 Å². The van der Waals surface area contributed by atoms with Crippen molar-refractivity contribution in [2.24, 2.45) is 5.92 Å². The van der Waals surface area contributed by atoms with Crippen LogP contribution in [-0.2, 0) is 19.4 Å². The molecular weight excluding hydrogens is 266 g/mol. The first-order chi connectivity index (χ1) is 9.65. The average molecular weight is 287 g/mol. The normalized spacial score (nSPS) is 18.2. The lowest BCUT2D eigenvalue weighted by Crippen LogP contribution is -2.18. The van der Waals surface area contributed by atoms with Gasteiger partial charge < -0.3 is 4.57 Å². The average Bonchev–Trinajstić information content (AvgIpc) is 2.79. The largest absolute Gasteiger partial charge is 0.304 e. The Kier molecular flexibility index (Phi) is 3.74. The Labute approximate surface area is 125 Å². The highest BCUT2D eigenvalue weighted by atomic mass is 32.1. The predicted octanol–water partition coefficient (Wildman–Crippen LogP) is 3.87. The summed E-state index contributed by atoms with van der Waals surface area (Å²) in [6.45, 7) is 5.38. The van der Waals surface area contributed by atoms with Crippen molar-refractivity contribution in [3.63, 3.8) is 0 Å². The first-order valence-corrected chi connectivity index (χ1v) is 7.78. The fourth-order valence-corrected chi connectivity index (χ4v) is 3.31. The lowest BCUT2D eigenvalue weighted by Gasteiger charge is -2.24. The van der Waals surface area contributed by atoms with Gasteiger partial charge in [0.1, 0.15) is 5.82 Å². The van der Waals surface area contributed by atoms with E-state index in [1.165, 1.54) is 11.1 Å². The van der Waals surface area contributed by atoms with Gasteiger partial charge in [-0.3, -0.25) is 5.10 Å². The molecule has 0 spiro atoms. The summed E-state index contributed by atoms with van der Waals surface area (Å²) < 4.78 is 2.95. The minimum absolute atomic E-state index is 0.483. The Morgan fingerprint density at radius 1 is 1.35 bits per heavy atom. The third-order valence-corrected chi connectivity index (χ3v) is 4.36. The molecule has 1 atom stereocenters. The quantitative estimate of drug-likeness (QED) is 0.869. The SMILES string of the molecule is CC(C)Cn1c(C2CCc3ccccc3C2)n[nH]c1=S. The van der Waals surface area contributed by atoms with Gasteiger partial charge in [-0.2, -0.15) is 5.10 Å². The molecule has 1 aliphatic carbocycles. The number of hydrogen-bond acceptors (Lipinski definition) is 2. The lowest BCUT2D eigenvalue weighted by molar-refractivity contribution is 0.464. The molecule has 0 saturated carbocycles. The van der Waals surface area contributed by atoms with Gasteiger partial charge in [-0.1, -0.05) is 38.1 Å². The highest BCUT2D eigenvalue weighted by Crippen LogP contribution is 2.31. The van der Waals surface area contributed by atoms with E-state index in [-0.39, 0.29) is 0 Å². The van der Waals surface area contributed by atoms with Crippen molar-refractivity contribution >= 4 is 12.2 Å². The first kappa shape index (κ1) is 13.6. The minimum Gasteiger partial charge on any atom is -0.304 e. The summed E-state index contributed by atoms with van der Waals surface area (Å²) >= 11 is 5.38. The van der Waals surface area contributed by atoms with Crippen LogP contribution in [0, 0.1) is 10.7 Å². The molecule has 1 aliphatic rings. The second-order valence-electron chi connectivity index (χ2n) is 6.10. The number of fused-ring (bicyclic) bond motifs is 1. The molecule has 4 heteroatoms. The Bertz CT molecular complexity index is 654. The van der Waals surface area contributed by atoms with Crippen LogP contribution in [0.15, 0.2) is 24.3 Å². The highest BCUT2D eigenvalue weighted by molar-refractivity contribution is 7.71. The van der Waals surface area contributed by atoms with Gasteiger partial charge in [0.2, 0.25) is 0 Å². The Balaban J connectivity index is 1.90. The molecule has 0 amide bonds. The van der Waals surface area contributed by atoms with Crippen LogP contribution < -0.4 is 0 Å². The third-order valence-electron chi connectivity index (χ3n) is 4.05. The van der Waals surface area contributed by atoms with Crippen LogP contribution in [0.3, 0.4) is 0 Å². The molecule has 106 valence electrons. The van der Waals surface area contributed by atoms with Gasteiger partial charge in [-0.05, 0) is 48.5 Å². The van der Waals surface area contributed by atoms with Crippen LogP contribution in [0.25, 0.3) is 0 Å². The van der Waals surface area contributed by atoms with Crippen molar-refractivity contribution in [3.8, 4) is 0 Å². The monoisotopic (exact) mass is 287 g/mol. The van der Waals surface area contributed by atoms with E-state index < -0.39 is 0 Å². The molecule has 0 bridgehead atoms. The molecule has 0 saturated heterocycles. The van der Waals surface area contributed by atoms with Gasteiger partial charge in [0.05, 0.1) is 0 Å². The van der Waals surface area contributed by atoms with Gasteiger partial charge in [0, 0.05) is 12.5 Å². The molecule has 2 aromatic rings. The van der Waals surface area contributed by atoms with Crippen LogP contribution in [0.5, 0.6) is 0 Å². The van der Waals surface area contributed by atoms with Crippen LogP contribution >= 0.6 is 12.2 Å². The zero-order chi connectivity index (χ0) is 14.1. The molecule has 1 aromatic carbocycles. The standard InChI is InChI=1S/C16H21N3S/c1-11(2)10-19-15(17-18-16(19)20)14-8-7-12-5-3-4-6-13(12)9-14/h3-6,11,14H,7-10H2,1-2H3,(H,18,20). The van der Waals surface area contributed by atoms with Gasteiger partial charge in [-0.25, -0.2) is 0 Å². The van der Waals surface area contributed by atoms with Gasteiger partial charge in [0.25, 0.3) is 0 Å². The number of aromatic amines is 1. The van der Waals surface area contributed by atoms with E-state index in [4.69, 9.17) is 12.2 Å². The summed E-state index contributed by atoms with van der Waals surface area (Å²) in [7, 11) is 0. The summed E-state index contributed by atoms with van der Waals surface area (Å²) in [5, 5.41) is 7.49. The van der Waals surface area contributed by atoms with Crippen molar-refractivity contribution in [3.05, 3.63) is 46.0 Å². The van der Waals surface area contributed by atoms with E-state index in [1.807, 2.05) is 0 Å². The molecule has 1 unspecified atom stereocenters. The maximum absolute atomic E-state index is 5.38. The lowest BCUT2D eigenvalue weighted by atomic mass is 9.83. The van der Waals surface area contributed by atoms with E-state index in [2.05, 4.69) is 52.9 Å². The zero-order valence-corrected chi connectivity index (χ0v) is 12.9. The predicted molar refractivity (Wildman–Crippen MR) is 83.5 cm³/mol. The summed E-state index contributed by atoms with van der Waals surface area (Å²) in [5.74, 6) is 2.20. The number of hydrogen-bond donors (Lipinski definition) is 1. The number of aryl methyl sites for hydroxylation is 1. The molecule has 0 fully saturated rings. The number of nitrogens with one attached hydrogen (secondary N) is 1. The smallest absolute Gasteiger partial charge is 0.195 e.